The van der Waals surface area contributed by atoms with Crippen molar-refractivity contribution in [2.24, 2.45) is 0 Å². The van der Waals surface area contributed by atoms with Crippen LogP contribution in [-0.2, 0) is 24.3 Å². The molecule has 0 aliphatic rings. The predicted molar refractivity (Wildman–Crippen MR) is 81.0 cm³/mol. The highest BCUT2D eigenvalue weighted by Gasteiger charge is 2.16. The van der Waals surface area contributed by atoms with Gasteiger partial charge in [-0.25, -0.2) is 0 Å². The van der Waals surface area contributed by atoms with Gasteiger partial charge in [0.1, 0.15) is 12.4 Å². The number of rotatable bonds is 6. The Bertz CT molecular complexity index is 586. The van der Waals surface area contributed by atoms with E-state index in [4.69, 9.17) is 9.15 Å². The highest BCUT2D eigenvalue weighted by atomic mass is 16.5. The SMILES string of the molecule is CCc1ccc(CN(C)C(=O)c2ccc(COC)o2)cc1. The first-order valence-electron chi connectivity index (χ1n) is 7.05. The van der Waals surface area contributed by atoms with Gasteiger partial charge in [-0.3, -0.25) is 4.79 Å². The molecule has 2 rings (SSSR count). The fourth-order valence-corrected chi connectivity index (χ4v) is 2.13. The number of methoxy groups -OCH3 is 1. The van der Waals surface area contributed by atoms with Crippen molar-refractivity contribution in [3.05, 3.63) is 59.0 Å². The van der Waals surface area contributed by atoms with Gasteiger partial charge >= 0.3 is 0 Å². The number of carbonyl (C=O) groups is 1. The van der Waals surface area contributed by atoms with Gasteiger partial charge in [0, 0.05) is 20.7 Å². The van der Waals surface area contributed by atoms with Gasteiger partial charge in [0.2, 0.25) is 0 Å². The molecule has 1 aromatic heterocycles. The van der Waals surface area contributed by atoms with E-state index < -0.39 is 0 Å². The summed E-state index contributed by atoms with van der Waals surface area (Å²) in [5.74, 6) is 0.869. The van der Waals surface area contributed by atoms with Gasteiger partial charge in [0.25, 0.3) is 5.91 Å². The highest BCUT2D eigenvalue weighted by Crippen LogP contribution is 2.13. The summed E-state index contributed by atoms with van der Waals surface area (Å²) in [5.41, 5.74) is 2.40. The van der Waals surface area contributed by atoms with Crippen molar-refractivity contribution >= 4 is 5.91 Å². The molecule has 0 spiro atoms. The number of aryl methyl sites for hydroxylation is 1. The van der Waals surface area contributed by atoms with Gasteiger partial charge in [-0.05, 0) is 29.7 Å². The molecule has 1 aromatic carbocycles. The lowest BCUT2D eigenvalue weighted by Crippen LogP contribution is -2.25. The molecule has 0 aliphatic heterocycles. The minimum atomic E-state index is -0.128. The second-order valence-corrected chi connectivity index (χ2v) is 5.03. The fourth-order valence-electron chi connectivity index (χ4n) is 2.13. The molecule has 1 amide bonds. The average molecular weight is 287 g/mol. The van der Waals surface area contributed by atoms with Crippen LogP contribution in [-0.4, -0.2) is 25.0 Å². The number of amides is 1. The Labute approximate surface area is 125 Å². The number of nitrogens with zero attached hydrogens (tertiary/aromatic N) is 1. The van der Waals surface area contributed by atoms with E-state index in [9.17, 15) is 4.79 Å². The van der Waals surface area contributed by atoms with E-state index in [-0.39, 0.29) is 5.91 Å². The molecule has 0 atom stereocenters. The lowest BCUT2D eigenvalue weighted by molar-refractivity contribution is 0.0745. The van der Waals surface area contributed by atoms with Crippen LogP contribution >= 0.6 is 0 Å². The van der Waals surface area contributed by atoms with Crippen LogP contribution in [0.4, 0.5) is 0 Å². The third-order valence-electron chi connectivity index (χ3n) is 3.36. The number of hydrogen-bond acceptors (Lipinski definition) is 3. The van der Waals surface area contributed by atoms with Gasteiger partial charge in [0.05, 0.1) is 0 Å². The number of furan rings is 1. The van der Waals surface area contributed by atoms with Crippen molar-refractivity contribution in [2.45, 2.75) is 26.5 Å². The molecule has 0 saturated heterocycles. The topological polar surface area (TPSA) is 42.7 Å². The summed E-state index contributed by atoms with van der Waals surface area (Å²) < 4.78 is 10.4. The maximum absolute atomic E-state index is 12.3. The Kier molecular flexibility index (Phi) is 5.17. The molecular weight excluding hydrogens is 266 g/mol. The molecule has 4 heteroatoms. The Hall–Kier alpha value is -2.07. The first-order valence-corrected chi connectivity index (χ1v) is 7.05. The maximum atomic E-state index is 12.3. The zero-order valence-electron chi connectivity index (χ0n) is 12.8. The molecule has 0 bridgehead atoms. The normalized spacial score (nSPS) is 10.6. The van der Waals surface area contributed by atoms with Crippen molar-refractivity contribution in [3.63, 3.8) is 0 Å². The van der Waals surface area contributed by atoms with Crippen LogP contribution < -0.4 is 0 Å². The quantitative estimate of drug-likeness (QED) is 0.819. The van der Waals surface area contributed by atoms with Gasteiger partial charge in [-0.15, -0.1) is 0 Å². The molecule has 0 N–H and O–H groups in total. The lowest BCUT2D eigenvalue weighted by Gasteiger charge is -2.16. The monoisotopic (exact) mass is 287 g/mol. The van der Waals surface area contributed by atoms with Gasteiger partial charge in [-0.2, -0.15) is 0 Å². The van der Waals surface area contributed by atoms with Gasteiger partial charge in [-0.1, -0.05) is 31.2 Å². The minimum absolute atomic E-state index is 0.128. The molecule has 0 aliphatic carbocycles. The van der Waals surface area contributed by atoms with E-state index in [1.54, 1.807) is 31.2 Å². The molecule has 21 heavy (non-hydrogen) atoms. The Morgan fingerprint density at radius 2 is 1.81 bits per heavy atom. The summed E-state index contributed by atoms with van der Waals surface area (Å²) in [7, 11) is 3.37. The van der Waals surface area contributed by atoms with Crippen molar-refractivity contribution in [1.82, 2.24) is 4.90 Å². The third-order valence-corrected chi connectivity index (χ3v) is 3.36. The van der Waals surface area contributed by atoms with Crippen molar-refractivity contribution in [2.75, 3.05) is 14.2 Å². The van der Waals surface area contributed by atoms with Crippen molar-refractivity contribution < 1.29 is 13.9 Å². The Morgan fingerprint density at radius 1 is 1.14 bits per heavy atom. The van der Waals surface area contributed by atoms with E-state index in [0.717, 1.165) is 12.0 Å². The first-order chi connectivity index (χ1) is 10.1. The standard InChI is InChI=1S/C17H21NO3/c1-4-13-5-7-14(8-6-13)11-18(2)17(19)16-10-9-15(21-16)12-20-3/h5-10H,4,11-12H2,1-3H3. The molecule has 0 radical (unpaired) electrons. The minimum Gasteiger partial charge on any atom is -0.453 e. The van der Waals surface area contributed by atoms with E-state index in [1.165, 1.54) is 5.56 Å². The van der Waals surface area contributed by atoms with Crippen LogP contribution in [0.3, 0.4) is 0 Å². The predicted octanol–water partition coefficient (Wildman–Crippen LogP) is 3.26. The summed E-state index contributed by atoms with van der Waals surface area (Å²) in [6.07, 6.45) is 1.02. The third kappa shape index (κ3) is 3.95. The fraction of sp³-hybridized carbons (Fsp3) is 0.353. The average Bonchev–Trinajstić information content (AvgIpc) is 2.96. The summed E-state index contributed by atoms with van der Waals surface area (Å²) in [5, 5.41) is 0. The van der Waals surface area contributed by atoms with Crippen LogP contribution in [0.15, 0.2) is 40.8 Å². The van der Waals surface area contributed by atoms with E-state index in [2.05, 4.69) is 31.2 Å². The molecule has 0 fully saturated rings. The molecule has 2 aromatic rings. The lowest BCUT2D eigenvalue weighted by atomic mass is 10.1. The highest BCUT2D eigenvalue weighted by molar-refractivity contribution is 5.91. The zero-order valence-corrected chi connectivity index (χ0v) is 12.8. The summed E-state index contributed by atoms with van der Waals surface area (Å²) in [4.78, 5) is 13.9. The largest absolute Gasteiger partial charge is 0.453 e. The Morgan fingerprint density at radius 3 is 2.43 bits per heavy atom. The molecule has 4 nitrogen and oxygen atoms in total. The molecular formula is C17H21NO3. The van der Waals surface area contributed by atoms with Crippen molar-refractivity contribution in [3.8, 4) is 0 Å². The van der Waals surface area contributed by atoms with Gasteiger partial charge < -0.3 is 14.1 Å². The number of ether oxygens (including phenoxy) is 1. The summed E-state index contributed by atoms with van der Waals surface area (Å²) >= 11 is 0. The van der Waals surface area contributed by atoms with Crippen molar-refractivity contribution in [1.29, 1.82) is 0 Å². The van der Waals surface area contributed by atoms with Crippen LogP contribution in [0.2, 0.25) is 0 Å². The number of benzene rings is 1. The van der Waals surface area contributed by atoms with Gasteiger partial charge in [0.15, 0.2) is 5.76 Å². The second kappa shape index (κ2) is 7.09. The molecule has 0 saturated carbocycles. The van der Waals surface area contributed by atoms with E-state index in [0.29, 0.717) is 24.7 Å². The maximum Gasteiger partial charge on any atom is 0.289 e. The van der Waals surface area contributed by atoms with Crippen LogP contribution in [0, 0.1) is 0 Å². The molecule has 112 valence electrons. The number of carbonyl (C=O) groups excluding carboxylic acids is 1. The molecule has 1 heterocycles. The zero-order chi connectivity index (χ0) is 15.2. The summed E-state index contributed by atoms with van der Waals surface area (Å²) in [6.45, 7) is 3.05. The van der Waals surface area contributed by atoms with Crippen LogP contribution in [0.25, 0.3) is 0 Å². The van der Waals surface area contributed by atoms with Crippen LogP contribution in [0.1, 0.15) is 34.4 Å². The Balaban J connectivity index is 2.00. The molecule has 0 unspecified atom stereocenters. The second-order valence-electron chi connectivity index (χ2n) is 5.03. The number of hydrogen-bond donors (Lipinski definition) is 0. The smallest absolute Gasteiger partial charge is 0.289 e. The first kappa shape index (κ1) is 15.3. The summed E-state index contributed by atoms with van der Waals surface area (Å²) in [6, 6.07) is 11.8. The van der Waals surface area contributed by atoms with Crippen LogP contribution in [0.5, 0.6) is 0 Å². The van der Waals surface area contributed by atoms with E-state index >= 15 is 0 Å². The van der Waals surface area contributed by atoms with E-state index in [1.807, 2.05) is 0 Å².